The normalized spacial score (nSPS) is 10.8. The number of nitrogens with zero attached hydrogens (tertiary/aromatic N) is 2. The summed E-state index contributed by atoms with van der Waals surface area (Å²) < 4.78 is 11.0. The quantitative estimate of drug-likeness (QED) is 0.550. The number of hydrogen-bond donors (Lipinski definition) is 1. The molecule has 1 heterocycles. The van der Waals surface area contributed by atoms with Gasteiger partial charge >= 0.3 is 0 Å². The molecule has 0 radical (unpaired) electrons. The summed E-state index contributed by atoms with van der Waals surface area (Å²) in [4.78, 5) is 12.1. The van der Waals surface area contributed by atoms with Crippen LogP contribution >= 0.6 is 11.3 Å². The molecule has 0 aliphatic heterocycles. The molecule has 0 fully saturated rings. The van der Waals surface area contributed by atoms with Crippen molar-refractivity contribution in [2.45, 2.75) is 13.3 Å². The number of anilines is 1. The zero-order chi connectivity index (χ0) is 19.6. The first kappa shape index (κ1) is 19.6. The van der Waals surface area contributed by atoms with Crippen LogP contribution in [0.2, 0.25) is 0 Å². The van der Waals surface area contributed by atoms with Gasteiger partial charge in [0, 0.05) is 12.5 Å². The lowest BCUT2D eigenvalue weighted by atomic mass is 10.2. The molecule has 7 heteroatoms. The number of benzene rings is 2. The Morgan fingerprint density at radius 3 is 2.54 bits per heavy atom. The van der Waals surface area contributed by atoms with E-state index in [9.17, 15) is 4.79 Å². The number of aromatic nitrogens is 2. The van der Waals surface area contributed by atoms with E-state index in [0.717, 1.165) is 22.1 Å². The molecule has 0 unspecified atom stereocenters. The van der Waals surface area contributed by atoms with Crippen LogP contribution in [0.25, 0.3) is 6.08 Å². The zero-order valence-corrected chi connectivity index (χ0v) is 16.3. The lowest BCUT2D eigenvalue weighted by molar-refractivity contribution is -0.111. The molecule has 1 N–H and O–H groups in total. The number of carbonyl (C=O) groups excluding carboxylic acids is 1. The topological polar surface area (TPSA) is 73.3 Å². The van der Waals surface area contributed by atoms with Crippen LogP contribution in [0, 0.1) is 0 Å². The first-order chi connectivity index (χ1) is 13.7. The van der Waals surface area contributed by atoms with Crippen LogP contribution in [0.15, 0.2) is 60.7 Å². The standard InChI is InChI=1S/C21H21N3O3S/c1-2-26-18-11-8-16(9-12-18)10-13-19(25)22-21-24-23-20(28-21)14-15-27-17-6-4-3-5-7-17/h3-13H,2,14-15H2,1H3,(H,22,24,25)/b13-10+. The molecule has 0 saturated carbocycles. The molecule has 0 atom stereocenters. The Kier molecular flexibility index (Phi) is 7.14. The number of ether oxygens (including phenoxy) is 2. The van der Waals surface area contributed by atoms with Gasteiger partial charge in [-0.15, -0.1) is 10.2 Å². The average molecular weight is 395 g/mol. The van der Waals surface area contributed by atoms with E-state index in [1.165, 1.54) is 17.4 Å². The minimum atomic E-state index is -0.253. The monoisotopic (exact) mass is 395 g/mol. The van der Waals surface area contributed by atoms with Crippen LogP contribution in [0.3, 0.4) is 0 Å². The van der Waals surface area contributed by atoms with Gasteiger partial charge in [-0.1, -0.05) is 41.7 Å². The summed E-state index contributed by atoms with van der Waals surface area (Å²) in [6.45, 7) is 3.07. The first-order valence-electron chi connectivity index (χ1n) is 8.95. The van der Waals surface area contributed by atoms with Gasteiger partial charge in [0.25, 0.3) is 0 Å². The Balaban J connectivity index is 1.45. The second-order valence-electron chi connectivity index (χ2n) is 5.74. The highest BCUT2D eigenvalue weighted by Gasteiger charge is 2.06. The predicted octanol–water partition coefficient (Wildman–Crippen LogP) is 4.21. The third-order valence-electron chi connectivity index (χ3n) is 3.64. The van der Waals surface area contributed by atoms with Crippen molar-refractivity contribution in [1.29, 1.82) is 0 Å². The summed E-state index contributed by atoms with van der Waals surface area (Å²) in [6, 6.07) is 17.1. The van der Waals surface area contributed by atoms with E-state index < -0.39 is 0 Å². The van der Waals surface area contributed by atoms with Crippen LogP contribution in [0.5, 0.6) is 11.5 Å². The maximum absolute atomic E-state index is 12.1. The fourth-order valence-corrected chi connectivity index (χ4v) is 3.06. The van der Waals surface area contributed by atoms with Crippen molar-refractivity contribution >= 4 is 28.5 Å². The molecule has 3 rings (SSSR count). The highest BCUT2D eigenvalue weighted by Crippen LogP contribution is 2.17. The highest BCUT2D eigenvalue weighted by atomic mass is 32.1. The molecule has 0 bridgehead atoms. The van der Waals surface area contributed by atoms with E-state index in [0.29, 0.717) is 24.8 Å². The minimum absolute atomic E-state index is 0.253. The van der Waals surface area contributed by atoms with Crippen molar-refractivity contribution in [3.05, 3.63) is 71.2 Å². The maximum Gasteiger partial charge on any atom is 0.250 e. The molecule has 2 aromatic carbocycles. The molecule has 6 nitrogen and oxygen atoms in total. The van der Waals surface area contributed by atoms with E-state index in [4.69, 9.17) is 9.47 Å². The average Bonchev–Trinajstić information content (AvgIpc) is 3.15. The van der Waals surface area contributed by atoms with Crippen molar-refractivity contribution in [1.82, 2.24) is 10.2 Å². The van der Waals surface area contributed by atoms with E-state index in [1.807, 2.05) is 61.5 Å². The molecule has 0 saturated heterocycles. The number of para-hydroxylation sites is 1. The summed E-state index contributed by atoms with van der Waals surface area (Å²) in [7, 11) is 0. The predicted molar refractivity (Wildman–Crippen MR) is 111 cm³/mol. The van der Waals surface area contributed by atoms with E-state index in [1.54, 1.807) is 6.08 Å². The summed E-state index contributed by atoms with van der Waals surface area (Å²) in [5, 5.41) is 12.1. The van der Waals surface area contributed by atoms with Crippen molar-refractivity contribution < 1.29 is 14.3 Å². The Morgan fingerprint density at radius 2 is 1.79 bits per heavy atom. The van der Waals surface area contributed by atoms with Crippen molar-refractivity contribution in [2.75, 3.05) is 18.5 Å². The molecule has 144 valence electrons. The minimum Gasteiger partial charge on any atom is -0.494 e. The Bertz CT molecular complexity index is 908. The Hall–Kier alpha value is -3.19. The van der Waals surface area contributed by atoms with Gasteiger partial charge in [-0.2, -0.15) is 0 Å². The highest BCUT2D eigenvalue weighted by molar-refractivity contribution is 7.15. The number of carbonyl (C=O) groups is 1. The molecular weight excluding hydrogens is 374 g/mol. The molecule has 28 heavy (non-hydrogen) atoms. The number of nitrogens with one attached hydrogen (secondary N) is 1. The van der Waals surface area contributed by atoms with Crippen LogP contribution in [-0.4, -0.2) is 29.3 Å². The van der Waals surface area contributed by atoms with Crippen molar-refractivity contribution in [3.63, 3.8) is 0 Å². The van der Waals surface area contributed by atoms with Gasteiger partial charge in [0.15, 0.2) is 0 Å². The van der Waals surface area contributed by atoms with Crippen LogP contribution in [0.1, 0.15) is 17.5 Å². The van der Waals surface area contributed by atoms with Crippen molar-refractivity contribution in [2.24, 2.45) is 0 Å². The van der Waals surface area contributed by atoms with Gasteiger partial charge in [0.2, 0.25) is 11.0 Å². The molecule has 1 aromatic heterocycles. The van der Waals surface area contributed by atoms with Gasteiger partial charge < -0.3 is 9.47 Å². The summed E-state index contributed by atoms with van der Waals surface area (Å²) >= 11 is 1.34. The van der Waals surface area contributed by atoms with Gasteiger partial charge in [0.1, 0.15) is 16.5 Å². The van der Waals surface area contributed by atoms with E-state index in [2.05, 4.69) is 15.5 Å². The van der Waals surface area contributed by atoms with Gasteiger partial charge in [0.05, 0.1) is 13.2 Å². The third-order valence-corrected chi connectivity index (χ3v) is 4.54. The second-order valence-corrected chi connectivity index (χ2v) is 6.80. The van der Waals surface area contributed by atoms with Crippen LogP contribution in [-0.2, 0) is 11.2 Å². The maximum atomic E-state index is 12.1. The SMILES string of the molecule is CCOc1ccc(/C=C/C(=O)Nc2nnc(CCOc3ccccc3)s2)cc1. The number of amides is 1. The van der Waals surface area contributed by atoms with Gasteiger partial charge in [-0.05, 0) is 42.8 Å². The summed E-state index contributed by atoms with van der Waals surface area (Å²) in [5.41, 5.74) is 0.912. The molecular formula is C21H21N3O3S. The van der Waals surface area contributed by atoms with Crippen molar-refractivity contribution in [3.8, 4) is 11.5 Å². The summed E-state index contributed by atoms with van der Waals surface area (Å²) in [5.74, 6) is 1.37. The van der Waals surface area contributed by atoms with Gasteiger partial charge in [-0.25, -0.2) is 0 Å². The molecule has 0 aliphatic rings. The molecule has 3 aromatic rings. The largest absolute Gasteiger partial charge is 0.494 e. The molecule has 1 amide bonds. The summed E-state index contributed by atoms with van der Waals surface area (Å²) in [6.07, 6.45) is 3.83. The van der Waals surface area contributed by atoms with Crippen LogP contribution in [0.4, 0.5) is 5.13 Å². The van der Waals surface area contributed by atoms with E-state index in [-0.39, 0.29) is 5.91 Å². The van der Waals surface area contributed by atoms with E-state index >= 15 is 0 Å². The number of hydrogen-bond acceptors (Lipinski definition) is 6. The fourth-order valence-electron chi connectivity index (χ4n) is 2.34. The smallest absolute Gasteiger partial charge is 0.250 e. The van der Waals surface area contributed by atoms with Crippen LogP contribution < -0.4 is 14.8 Å². The lowest BCUT2D eigenvalue weighted by Crippen LogP contribution is -2.07. The molecule has 0 aliphatic carbocycles. The van der Waals surface area contributed by atoms with Gasteiger partial charge in [-0.3, -0.25) is 10.1 Å². The lowest BCUT2D eigenvalue weighted by Gasteiger charge is -2.03. The number of rotatable bonds is 9. The third kappa shape index (κ3) is 6.21. The Labute approximate surface area is 167 Å². The zero-order valence-electron chi connectivity index (χ0n) is 15.5. The fraction of sp³-hybridized carbons (Fsp3) is 0.190. The first-order valence-corrected chi connectivity index (χ1v) is 9.77. The Morgan fingerprint density at radius 1 is 1.04 bits per heavy atom. The second kappa shape index (κ2) is 10.2. The molecule has 0 spiro atoms.